The van der Waals surface area contributed by atoms with Gasteiger partial charge in [-0.25, -0.2) is 14.8 Å². The summed E-state index contributed by atoms with van der Waals surface area (Å²) in [6.07, 6.45) is -0.633. The van der Waals surface area contributed by atoms with Crippen molar-refractivity contribution in [2.45, 2.75) is 46.1 Å². The number of hydrogen-bond donors (Lipinski definition) is 1. The van der Waals surface area contributed by atoms with Gasteiger partial charge in [0.2, 0.25) is 11.8 Å². The van der Waals surface area contributed by atoms with E-state index in [4.69, 9.17) is 28.0 Å². The van der Waals surface area contributed by atoms with Crippen LogP contribution in [0.2, 0.25) is 0 Å². The van der Waals surface area contributed by atoms with Gasteiger partial charge in [0.15, 0.2) is 0 Å². The van der Waals surface area contributed by atoms with Crippen molar-refractivity contribution in [1.29, 1.82) is 0 Å². The molecule has 0 radical (unpaired) electrons. The van der Waals surface area contributed by atoms with Crippen molar-refractivity contribution in [3.8, 4) is 40.2 Å². The summed E-state index contributed by atoms with van der Waals surface area (Å²) in [5, 5.41) is 9.32. The highest BCUT2D eigenvalue weighted by atomic mass is 16.6. The number of benzene rings is 4. The maximum absolute atomic E-state index is 12.7. The molecule has 296 valence electrons. The first kappa shape index (κ1) is 41.3. The van der Waals surface area contributed by atoms with Crippen molar-refractivity contribution in [1.82, 2.24) is 14.9 Å². The fourth-order valence-corrected chi connectivity index (χ4v) is 5.63. The number of carbonyl (C=O) groups excluding carboxylic acids is 2. The summed E-state index contributed by atoms with van der Waals surface area (Å²) in [4.78, 5) is 45.4. The van der Waals surface area contributed by atoms with Gasteiger partial charge in [0.05, 0.1) is 38.6 Å². The molecule has 4 aromatic carbocycles. The molecule has 0 unspecified atom stereocenters. The Balaban J connectivity index is 0.000000303. The number of esters is 1. The van der Waals surface area contributed by atoms with Crippen molar-refractivity contribution in [2.75, 3.05) is 27.4 Å². The number of aryl methyl sites for hydroxylation is 2. The molecule has 13 heteroatoms. The molecule has 2 aromatic heterocycles. The summed E-state index contributed by atoms with van der Waals surface area (Å²) in [5.41, 5.74) is 3.54. The summed E-state index contributed by atoms with van der Waals surface area (Å²) in [6.45, 7) is 7.66. The van der Waals surface area contributed by atoms with E-state index in [9.17, 15) is 19.5 Å². The van der Waals surface area contributed by atoms with Gasteiger partial charge in [-0.2, -0.15) is 0 Å². The van der Waals surface area contributed by atoms with Crippen molar-refractivity contribution >= 4 is 18.0 Å². The predicted octanol–water partition coefficient (Wildman–Crippen LogP) is 8.47. The number of aliphatic carboxylic acids is 1. The smallest absolute Gasteiger partial charge is 0.416 e. The topological polar surface area (TPSA) is 164 Å². The lowest BCUT2D eigenvalue weighted by Gasteiger charge is -2.23. The molecule has 0 spiro atoms. The number of nitrogens with zero attached hydrogens (tertiary/aromatic N) is 3. The molecule has 57 heavy (non-hydrogen) atoms. The van der Waals surface area contributed by atoms with Gasteiger partial charge in [0, 0.05) is 23.1 Å². The molecule has 0 atom stereocenters. The number of carboxylic acids is 1. The lowest BCUT2D eigenvalue weighted by Crippen LogP contribution is -2.37. The summed E-state index contributed by atoms with van der Waals surface area (Å²) >= 11 is 0. The zero-order valence-electron chi connectivity index (χ0n) is 32.7. The number of hydrogen-bond acceptors (Lipinski definition) is 11. The lowest BCUT2D eigenvalue weighted by molar-refractivity contribution is -0.140. The zero-order chi connectivity index (χ0) is 41.0. The van der Waals surface area contributed by atoms with E-state index in [1.54, 1.807) is 55.5 Å². The summed E-state index contributed by atoms with van der Waals surface area (Å²) in [5.74, 6) is 2.55. The molecule has 2 heterocycles. The number of carboxylic acid groups (broad SMARTS) is 1. The number of oxazole rings is 2. The van der Waals surface area contributed by atoms with E-state index in [0.717, 1.165) is 33.0 Å². The van der Waals surface area contributed by atoms with Crippen LogP contribution in [-0.2, 0) is 32.7 Å². The monoisotopic (exact) mass is 775 g/mol. The lowest BCUT2D eigenvalue weighted by atomic mass is 9.89. The fraction of sp³-hybridized carbons (Fsp3) is 0.250. The molecular weight excluding hydrogens is 730 g/mol. The molecule has 0 saturated heterocycles. The molecule has 0 aliphatic rings. The van der Waals surface area contributed by atoms with Crippen LogP contribution >= 0.6 is 0 Å². The molecule has 6 aromatic rings. The average molecular weight is 776 g/mol. The first-order valence-electron chi connectivity index (χ1n) is 18.0. The highest BCUT2D eigenvalue weighted by Gasteiger charge is 2.29. The molecule has 0 saturated carbocycles. The summed E-state index contributed by atoms with van der Waals surface area (Å²) in [7, 11) is 2.89. The highest BCUT2D eigenvalue weighted by molar-refractivity contribution is 5.78. The Morgan fingerprint density at radius 1 is 0.719 bits per heavy atom. The molecule has 0 aliphatic carbocycles. The van der Waals surface area contributed by atoms with Gasteiger partial charge in [-0.05, 0) is 80.1 Å². The van der Waals surface area contributed by atoms with E-state index in [2.05, 4.69) is 9.72 Å². The second-order valence-electron chi connectivity index (χ2n) is 13.5. The Morgan fingerprint density at radius 3 is 1.82 bits per heavy atom. The van der Waals surface area contributed by atoms with Crippen molar-refractivity contribution in [2.24, 2.45) is 0 Å². The summed E-state index contributed by atoms with van der Waals surface area (Å²) < 4.78 is 32.6. The van der Waals surface area contributed by atoms with Crippen LogP contribution in [0.25, 0.3) is 22.9 Å². The Hall–Kier alpha value is -6.89. The minimum Gasteiger partial charge on any atom is -0.497 e. The molecular formula is C44H45N3O10. The van der Waals surface area contributed by atoms with Crippen LogP contribution in [0.1, 0.15) is 42.3 Å². The van der Waals surface area contributed by atoms with E-state index in [-0.39, 0.29) is 24.7 Å². The first-order valence-corrected chi connectivity index (χ1v) is 18.0. The Kier molecular flexibility index (Phi) is 13.8. The third-order valence-electron chi connectivity index (χ3n) is 8.66. The quantitative estimate of drug-likeness (QED) is 0.105. The normalized spacial score (nSPS) is 10.8. The molecule has 1 N–H and O–H groups in total. The Bertz CT molecular complexity index is 2230. The summed E-state index contributed by atoms with van der Waals surface area (Å²) in [6, 6.07) is 32.9. The third kappa shape index (κ3) is 11.6. The van der Waals surface area contributed by atoms with Gasteiger partial charge < -0.3 is 32.9 Å². The van der Waals surface area contributed by atoms with E-state index in [1.807, 2.05) is 81.4 Å². The number of carbonyl (C=O) groups is 3. The van der Waals surface area contributed by atoms with Gasteiger partial charge in [0.25, 0.3) is 0 Å². The van der Waals surface area contributed by atoms with Crippen LogP contribution in [-0.4, -0.2) is 65.4 Å². The SMILES string of the molecule is COC(=O)Cc1nc(-c2ccccc2)oc1C.COc1ccc(OC(=O)N(CC(=O)O)Cc2ccc(OCC(C)(C)c3nc(-c4ccccc4)oc3C)cc2)cc1. The first-order chi connectivity index (χ1) is 27.3. The maximum atomic E-state index is 12.7. The second-order valence-corrected chi connectivity index (χ2v) is 13.5. The largest absolute Gasteiger partial charge is 0.497 e. The number of methoxy groups -OCH3 is 2. The minimum absolute atomic E-state index is 0.0491. The van der Waals surface area contributed by atoms with Crippen LogP contribution in [0.5, 0.6) is 17.2 Å². The van der Waals surface area contributed by atoms with Gasteiger partial charge in [-0.15, -0.1) is 0 Å². The van der Waals surface area contributed by atoms with Crippen LogP contribution in [0.4, 0.5) is 4.79 Å². The van der Waals surface area contributed by atoms with Crippen molar-refractivity contribution in [3.63, 3.8) is 0 Å². The molecule has 13 nitrogen and oxygen atoms in total. The predicted molar refractivity (Wildman–Crippen MR) is 211 cm³/mol. The van der Waals surface area contributed by atoms with Gasteiger partial charge in [-0.3, -0.25) is 14.5 Å². The van der Waals surface area contributed by atoms with Gasteiger partial charge in [0.1, 0.15) is 35.3 Å². The van der Waals surface area contributed by atoms with E-state index < -0.39 is 24.0 Å². The second kappa shape index (κ2) is 19.1. The fourth-order valence-electron chi connectivity index (χ4n) is 5.63. The molecule has 0 bridgehead atoms. The Morgan fingerprint density at radius 2 is 1.26 bits per heavy atom. The maximum Gasteiger partial charge on any atom is 0.416 e. The standard InChI is InChI=1S/C31H32N2O7.C13H13NO3/c1-21-28(32-29(39-21)23-8-6-5-7-9-23)31(2,3)20-38-25-12-10-22(11-13-25)18-33(19-27(34)35)30(36)40-26-16-14-24(37-4)15-17-26;1-9-11(8-12(15)16-2)14-13(17-9)10-6-4-3-5-7-10/h5-17H,18-20H2,1-4H3,(H,34,35);3-7H,8H2,1-2H3. The molecule has 0 aliphatic heterocycles. The average Bonchev–Trinajstić information content (AvgIpc) is 3.80. The molecule has 0 fully saturated rings. The van der Waals surface area contributed by atoms with Crippen LogP contribution < -0.4 is 14.2 Å². The van der Waals surface area contributed by atoms with Crippen LogP contribution in [0.15, 0.2) is 118 Å². The number of aromatic nitrogens is 2. The van der Waals surface area contributed by atoms with Gasteiger partial charge >= 0.3 is 18.0 Å². The number of amides is 1. The Labute approximate surface area is 330 Å². The third-order valence-corrected chi connectivity index (χ3v) is 8.66. The minimum atomic E-state index is -1.15. The van der Waals surface area contributed by atoms with Crippen LogP contribution in [0, 0.1) is 13.8 Å². The number of rotatable bonds is 14. The van der Waals surface area contributed by atoms with E-state index >= 15 is 0 Å². The van der Waals surface area contributed by atoms with Crippen molar-refractivity contribution in [3.05, 3.63) is 138 Å². The van der Waals surface area contributed by atoms with Crippen LogP contribution in [0.3, 0.4) is 0 Å². The molecule has 1 amide bonds. The molecule has 6 rings (SSSR count). The van der Waals surface area contributed by atoms with E-state index in [0.29, 0.717) is 41.3 Å². The highest BCUT2D eigenvalue weighted by Crippen LogP contribution is 2.31. The number of ether oxygens (including phenoxy) is 4. The van der Waals surface area contributed by atoms with Crippen molar-refractivity contribution < 1.29 is 47.3 Å². The van der Waals surface area contributed by atoms with Gasteiger partial charge in [-0.1, -0.05) is 62.4 Å². The zero-order valence-corrected chi connectivity index (χ0v) is 32.7. The van der Waals surface area contributed by atoms with E-state index in [1.165, 1.54) is 14.2 Å².